The molecule has 2 aromatic carbocycles. The van der Waals surface area contributed by atoms with Gasteiger partial charge in [0, 0.05) is 16.5 Å². The number of allylic oxidation sites excluding steroid dienone is 1. The maximum Gasteiger partial charge on any atom is 0.338 e. The van der Waals surface area contributed by atoms with Gasteiger partial charge in [-0.05, 0) is 69.0 Å². The summed E-state index contributed by atoms with van der Waals surface area (Å²) in [6, 6.07) is 16.0. The summed E-state index contributed by atoms with van der Waals surface area (Å²) in [5.74, 6) is 0.513. The molecule has 200 valence electrons. The van der Waals surface area contributed by atoms with Crippen molar-refractivity contribution in [3.8, 4) is 11.3 Å². The first-order valence-corrected chi connectivity index (χ1v) is 14.9. The quantitative estimate of drug-likeness (QED) is 0.188. The van der Waals surface area contributed by atoms with Crippen molar-refractivity contribution in [3.05, 3.63) is 107 Å². The third kappa shape index (κ3) is 5.39. The molecule has 10 heteroatoms. The summed E-state index contributed by atoms with van der Waals surface area (Å²) >= 11 is 15.4. The predicted molar refractivity (Wildman–Crippen MR) is 157 cm³/mol. The van der Waals surface area contributed by atoms with Crippen molar-refractivity contribution in [2.24, 2.45) is 4.99 Å². The van der Waals surface area contributed by atoms with E-state index in [-0.39, 0.29) is 11.7 Å². The second-order valence-electron chi connectivity index (χ2n) is 9.11. The van der Waals surface area contributed by atoms with Crippen molar-refractivity contribution < 1.29 is 13.9 Å². The molecule has 0 saturated heterocycles. The monoisotopic (exact) mass is 598 g/mol. The summed E-state index contributed by atoms with van der Waals surface area (Å²) in [5.41, 5.74) is 2.03. The van der Waals surface area contributed by atoms with Crippen LogP contribution in [-0.2, 0) is 9.53 Å². The normalized spacial score (nSPS) is 15.5. The zero-order chi connectivity index (χ0) is 27.8. The van der Waals surface area contributed by atoms with Crippen LogP contribution in [0.15, 0.2) is 85.0 Å². The third-order valence-corrected chi connectivity index (χ3v) is 8.68. The molecule has 6 nitrogen and oxygen atoms in total. The average molecular weight is 600 g/mol. The van der Waals surface area contributed by atoms with Crippen LogP contribution >= 0.6 is 46.3 Å². The molecule has 0 spiro atoms. The fourth-order valence-electron chi connectivity index (χ4n) is 4.36. The molecule has 0 unspecified atom stereocenters. The third-order valence-electron chi connectivity index (χ3n) is 6.13. The van der Waals surface area contributed by atoms with Crippen LogP contribution in [0.25, 0.3) is 17.4 Å². The van der Waals surface area contributed by atoms with Crippen molar-refractivity contribution >= 4 is 58.3 Å². The number of fused-ring (bicyclic) bond motifs is 1. The van der Waals surface area contributed by atoms with Gasteiger partial charge in [-0.15, -0.1) is 11.8 Å². The van der Waals surface area contributed by atoms with Crippen LogP contribution in [0.1, 0.15) is 38.1 Å². The van der Waals surface area contributed by atoms with E-state index in [0.29, 0.717) is 47.7 Å². The van der Waals surface area contributed by atoms with E-state index in [4.69, 9.17) is 32.4 Å². The first-order chi connectivity index (χ1) is 18.7. The van der Waals surface area contributed by atoms with Gasteiger partial charge in [0.25, 0.3) is 5.56 Å². The Labute approximate surface area is 243 Å². The lowest BCUT2D eigenvalue weighted by Gasteiger charge is -2.25. The number of hydrogen-bond donors (Lipinski definition) is 0. The van der Waals surface area contributed by atoms with Gasteiger partial charge in [-0.1, -0.05) is 52.7 Å². The Morgan fingerprint density at radius 2 is 1.90 bits per heavy atom. The highest BCUT2D eigenvalue weighted by Gasteiger charge is 2.33. The summed E-state index contributed by atoms with van der Waals surface area (Å²) in [6.45, 7) is 5.35. The summed E-state index contributed by atoms with van der Waals surface area (Å²) in [7, 11) is 0. The SMILES string of the molecule is CSc1ccc([C@@H]2C(C(=O)OC(C)C)=C(C)N=c3s/c(=C\c4ccc(-c5cccc(Cl)c5Cl)o4)c(=O)n32)cc1. The molecule has 0 fully saturated rings. The maximum absolute atomic E-state index is 13.8. The van der Waals surface area contributed by atoms with Crippen molar-refractivity contribution in [2.45, 2.75) is 37.8 Å². The molecule has 5 rings (SSSR count). The maximum atomic E-state index is 13.8. The van der Waals surface area contributed by atoms with E-state index < -0.39 is 12.0 Å². The highest BCUT2D eigenvalue weighted by Crippen LogP contribution is 2.35. The van der Waals surface area contributed by atoms with Crippen LogP contribution < -0.4 is 14.9 Å². The van der Waals surface area contributed by atoms with Gasteiger partial charge in [0.2, 0.25) is 0 Å². The van der Waals surface area contributed by atoms with Crippen molar-refractivity contribution in [2.75, 3.05) is 6.26 Å². The Bertz CT molecular complexity index is 1780. The molecule has 1 aliphatic rings. The smallest absolute Gasteiger partial charge is 0.338 e. The van der Waals surface area contributed by atoms with Gasteiger partial charge >= 0.3 is 5.97 Å². The Morgan fingerprint density at radius 3 is 2.59 bits per heavy atom. The van der Waals surface area contributed by atoms with Crippen LogP contribution in [0.5, 0.6) is 0 Å². The minimum atomic E-state index is -0.678. The molecule has 0 N–H and O–H groups in total. The molecular weight excluding hydrogens is 575 g/mol. The molecular formula is C29H24Cl2N2O4S2. The summed E-state index contributed by atoms with van der Waals surface area (Å²) in [4.78, 5) is 33.3. The van der Waals surface area contributed by atoms with E-state index in [1.54, 1.807) is 67.4 Å². The van der Waals surface area contributed by atoms with E-state index in [1.165, 1.54) is 11.3 Å². The molecule has 1 aliphatic heterocycles. The number of halogens is 2. The number of rotatable bonds is 6. The molecule has 4 aromatic rings. The molecule has 0 bridgehead atoms. The average Bonchev–Trinajstić information content (AvgIpc) is 3.48. The number of thioether (sulfide) groups is 1. The summed E-state index contributed by atoms with van der Waals surface area (Å²) < 4.78 is 13.5. The predicted octanol–water partition coefficient (Wildman–Crippen LogP) is 6.48. The molecule has 1 atom stereocenters. The fraction of sp³-hybridized carbons (Fsp3) is 0.207. The number of carbonyl (C=O) groups excluding carboxylic acids is 1. The van der Waals surface area contributed by atoms with E-state index in [2.05, 4.69) is 4.99 Å². The topological polar surface area (TPSA) is 73.8 Å². The minimum Gasteiger partial charge on any atom is -0.459 e. The number of benzene rings is 2. The van der Waals surface area contributed by atoms with E-state index in [9.17, 15) is 9.59 Å². The van der Waals surface area contributed by atoms with Crippen molar-refractivity contribution in [3.63, 3.8) is 0 Å². The molecule has 0 amide bonds. The van der Waals surface area contributed by atoms with Gasteiger partial charge in [-0.3, -0.25) is 9.36 Å². The highest BCUT2D eigenvalue weighted by atomic mass is 35.5. The zero-order valence-corrected chi connectivity index (χ0v) is 24.7. The van der Waals surface area contributed by atoms with E-state index in [1.807, 2.05) is 36.6 Å². The summed E-state index contributed by atoms with van der Waals surface area (Å²) in [6.07, 6.45) is 3.35. The Balaban J connectivity index is 1.63. The lowest BCUT2D eigenvalue weighted by molar-refractivity contribution is -0.143. The summed E-state index contributed by atoms with van der Waals surface area (Å²) in [5, 5.41) is 0.816. The van der Waals surface area contributed by atoms with Crippen LogP contribution in [0, 0.1) is 0 Å². The van der Waals surface area contributed by atoms with Gasteiger partial charge in [0.15, 0.2) is 4.80 Å². The number of hydrogen-bond acceptors (Lipinski definition) is 7. The standard InChI is InChI=1S/C29H24Cl2N2O4S2/c1-15(2)36-28(35)24-16(3)32-29-33(26(24)17-8-11-19(38-4)12-9-17)27(34)23(39-29)14-18-10-13-22(37-18)20-6-5-7-21(30)25(20)31/h5-15,26H,1-4H3/b23-14-/t26-/m1/s1. The Hall–Kier alpha value is -3.04. The number of aromatic nitrogens is 1. The minimum absolute atomic E-state index is 0.279. The number of nitrogens with zero attached hydrogens (tertiary/aromatic N) is 2. The Morgan fingerprint density at radius 1 is 1.15 bits per heavy atom. The lowest BCUT2D eigenvalue weighted by Crippen LogP contribution is -2.40. The van der Waals surface area contributed by atoms with Crippen molar-refractivity contribution in [1.29, 1.82) is 0 Å². The number of esters is 1. The van der Waals surface area contributed by atoms with Crippen LogP contribution in [-0.4, -0.2) is 22.9 Å². The number of ether oxygens (including phenoxy) is 1. The largest absolute Gasteiger partial charge is 0.459 e. The van der Waals surface area contributed by atoms with E-state index in [0.717, 1.165) is 10.5 Å². The van der Waals surface area contributed by atoms with Crippen molar-refractivity contribution in [1.82, 2.24) is 4.57 Å². The first-order valence-electron chi connectivity index (χ1n) is 12.1. The first kappa shape index (κ1) is 27.5. The van der Waals surface area contributed by atoms with E-state index >= 15 is 0 Å². The molecule has 0 aliphatic carbocycles. The van der Waals surface area contributed by atoms with Gasteiger partial charge in [-0.2, -0.15) is 0 Å². The van der Waals surface area contributed by atoms with Gasteiger partial charge < -0.3 is 9.15 Å². The molecule has 39 heavy (non-hydrogen) atoms. The van der Waals surface area contributed by atoms with Gasteiger partial charge in [0.1, 0.15) is 11.5 Å². The second-order valence-corrected chi connectivity index (χ2v) is 11.8. The molecule has 0 saturated carbocycles. The fourth-order valence-corrected chi connectivity index (χ4v) is 6.19. The Kier molecular flexibility index (Phi) is 7.91. The van der Waals surface area contributed by atoms with Crippen LogP contribution in [0.4, 0.5) is 0 Å². The highest BCUT2D eigenvalue weighted by molar-refractivity contribution is 7.98. The molecule has 2 aromatic heterocycles. The van der Waals surface area contributed by atoms with Crippen LogP contribution in [0.3, 0.4) is 0 Å². The van der Waals surface area contributed by atoms with Gasteiger partial charge in [0.05, 0.1) is 38.0 Å². The lowest BCUT2D eigenvalue weighted by atomic mass is 9.96. The number of thiazole rings is 1. The second kappa shape index (κ2) is 11.2. The number of carbonyl (C=O) groups is 1. The van der Waals surface area contributed by atoms with Crippen LogP contribution in [0.2, 0.25) is 10.0 Å². The molecule has 0 radical (unpaired) electrons. The molecule has 3 heterocycles. The number of furan rings is 1. The van der Waals surface area contributed by atoms with Gasteiger partial charge in [-0.25, -0.2) is 9.79 Å². The zero-order valence-electron chi connectivity index (χ0n) is 21.5.